The summed E-state index contributed by atoms with van der Waals surface area (Å²) in [5.41, 5.74) is 0. The number of amides is 1. The molecule has 2 rings (SSSR count). The molecule has 0 bridgehead atoms. The lowest BCUT2D eigenvalue weighted by molar-refractivity contribution is -0.134. The smallest absolute Gasteiger partial charge is 0.225 e. The maximum absolute atomic E-state index is 12.0. The van der Waals surface area contributed by atoms with Crippen molar-refractivity contribution in [2.45, 2.75) is 26.2 Å². The van der Waals surface area contributed by atoms with E-state index in [1.54, 1.807) is 0 Å². The normalized spacial score (nSPS) is 29.3. The summed E-state index contributed by atoms with van der Waals surface area (Å²) in [6, 6.07) is 0. The Balaban J connectivity index is 1.85. The van der Waals surface area contributed by atoms with Crippen molar-refractivity contribution in [1.29, 1.82) is 0 Å². The first kappa shape index (κ1) is 10.3. The lowest BCUT2D eigenvalue weighted by Crippen LogP contribution is -2.34. The van der Waals surface area contributed by atoms with E-state index in [-0.39, 0.29) is 5.92 Å². The van der Waals surface area contributed by atoms with Gasteiger partial charge in [0.15, 0.2) is 0 Å². The molecule has 1 saturated carbocycles. The molecule has 0 aromatic heterocycles. The van der Waals surface area contributed by atoms with Gasteiger partial charge in [-0.2, -0.15) is 0 Å². The second kappa shape index (κ2) is 4.09. The first-order chi connectivity index (χ1) is 6.72. The summed E-state index contributed by atoms with van der Waals surface area (Å²) in [4.78, 5) is 14.0. The van der Waals surface area contributed by atoms with Crippen molar-refractivity contribution < 1.29 is 4.79 Å². The molecule has 2 atom stereocenters. The molecule has 1 amide bonds. The monoisotopic (exact) mass is 215 g/mol. The molecule has 2 nitrogen and oxygen atoms in total. The fraction of sp³-hybridized carbons (Fsp3) is 0.909. The highest BCUT2D eigenvalue weighted by atomic mass is 35.5. The molecule has 0 aromatic carbocycles. The zero-order valence-electron chi connectivity index (χ0n) is 8.71. The molecule has 0 spiro atoms. The molecule has 2 aliphatic rings. The Morgan fingerprint density at radius 3 is 2.71 bits per heavy atom. The molecule has 0 radical (unpaired) electrons. The number of halogens is 1. The largest absolute Gasteiger partial charge is 0.342 e. The zero-order chi connectivity index (χ0) is 10.1. The lowest BCUT2D eigenvalue weighted by atomic mass is 10.1. The van der Waals surface area contributed by atoms with E-state index >= 15 is 0 Å². The first-order valence-electron chi connectivity index (χ1n) is 5.57. The molecule has 3 heteroatoms. The van der Waals surface area contributed by atoms with Crippen LogP contribution in [0, 0.1) is 17.8 Å². The van der Waals surface area contributed by atoms with Gasteiger partial charge >= 0.3 is 0 Å². The maximum Gasteiger partial charge on any atom is 0.225 e. The van der Waals surface area contributed by atoms with E-state index in [1.165, 1.54) is 12.8 Å². The van der Waals surface area contributed by atoms with Gasteiger partial charge in [0.05, 0.1) is 0 Å². The van der Waals surface area contributed by atoms with Crippen LogP contribution in [-0.4, -0.2) is 29.8 Å². The van der Waals surface area contributed by atoms with Crippen LogP contribution in [0.1, 0.15) is 26.2 Å². The summed E-state index contributed by atoms with van der Waals surface area (Å²) in [7, 11) is 0. The molecule has 1 aliphatic heterocycles. The molecule has 1 saturated heterocycles. The van der Waals surface area contributed by atoms with Crippen LogP contribution in [0.5, 0.6) is 0 Å². The Bertz CT molecular complexity index is 227. The summed E-state index contributed by atoms with van der Waals surface area (Å²) in [5, 5.41) is 0. The second-order valence-electron chi connectivity index (χ2n) is 4.72. The average molecular weight is 216 g/mol. The Hall–Kier alpha value is -0.240. The second-order valence-corrected chi connectivity index (χ2v) is 5.03. The quantitative estimate of drug-likeness (QED) is 0.661. The Kier molecular flexibility index (Phi) is 3.01. The predicted molar refractivity (Wildman–Crippen MR) is 57.3 cm³/mol. The van der Waals surface area contributed by atoms with Gasteiger partial charge in [-0.15, -0.1) is 11.6 Å². The van der Waals surface area contributed by atoms with E-state index in [4.69, 9.17) is 11.6 Å². The van der Waals surface area contributed by atoms with Crippen LogP contribution < -0.4 is 0 Å². The highest BCUT2D eigenvalue weighted by Gasteiger charge is 2.36. The van der Waals surface area contributed by atoms with E-state index in [1.807, 2.05) is 4.90 Å². The standard InChI is InChI=1S/C11H18ClNO/c1-8(10-2-3-10)11(14)13-5-4-9(6-12)7-13/h8-10H,2-7H2,1H3. The predicted octanol–water partition coefficient (Wildman–Crippen LogP) is 2.12. The van der Waals surface area contributed by atoms with Crippen molar-refractivity contribution in [3.63, 3.8) is 0 Å². The molecule has 80 valence electrons. The zero-order valence-corrected chi connectivity index (χ0v) is 9.46. The molecule has 14 heavy (non-hydrogen) atoms. The highest BCUT2D eigenvalue weighted by Crippen LogP contribution is 2.38. The van der Waals surface area contributed by atoms with Crippen molar-refractivity contribution in [3.05, 3.63) is 0 Å². The van der Waals surface area contributed by atoms with Crippen LogP contribution in [0.15, 0.2) is 0 Å². The first-order valence-corrected chi connectivity index (χ1v) is 6.10. The van der Waals surface area contributed by atoms with Crippen LogP contribution >= 0.6 is 11.6 Å². The molecule has 2 unspecified atom stereocenters. The number of carbonyl (C=O) groups is 1. The van der Waals surface area contributed by atoms with E-state index in [2.05, 4.69) is 6.92 Å². The lowest BCUT2D eigenvalue weighted by Gasteiger charge is -2.20. The molecule has 0 aromatic rings. The molecule has 1 aliphatic carbocycles. The number of likely N-dealkylation sites (tertiary alicyclic amines) is 1. The summed E-state index contributed by atoms with van der Waals surface area (Å²) >= 11 is 5.79. The fourth-order valence-corrected chi connectivity index (χ4v) is 2.50. The third kappa shape index (κ3) is 2.05. The summed E-state index contributed by atoms with van der Waals surface area (Å²) in [5.74, 6) is 2.52. The number of rotatable bonds is 3. The topological polar surface area (TPSA) is 20.3 Å². The summed E-state index contributed by atoms with van der Waals surface area (Å²) < 4.78 is 0. The highest BCUT2D eigenvalue weighted by molar-refractivity contribution is 6.18. The van der Waals surface area contributed by atoms with Crippen LogP contribution in [0.2, 0.25) is 0 Å². The van der Waals surface area contributed by atoms with Gasteiger partial charge in [0.1, 0.15) is 0 Å². The van der Waals surface area contributed by atoms with Crippen LogP contribution in [0.4, 0.5) is 0 Å². The van der Waals surface area contributed by atoms with Gasteiger partial charge in [-0.1, -0.05) is 6.92 Å². The fourth-order valence-electron chi connectivity index (χ4n) is 2.24. The average Bonchev–Trinajstić information content (AvgIpc) is 2.94. The third-order valence-corrected chi connectivity index (χ3v) is 3.97. The number of carbonyl (C=O) groups excluding carboxylic acids is 1. The van der Waals surface area contributed by atoms with Gasteiger partial charge in [0.25, 0.3) is 0 Å². The van der Waals surface area contributed by atoms with Gasteiger partial charge in [0.2, 0.25) is 5.91 Å². The molecule has 1 heterocycles. The van der Waals surface area contributed by atoms with Gasteiger partial charge in [0, 0.05) is 24.9 Å². The number of hydrogen-bond acceptors (Lipinski definition) is 1. The van der Waals surface area contributed by atoms with Crippen LogP contribution in [0.3, 0.4) is 0 Å². The number of hydrogen-bond donors (Lipinski definition) is 0. The van der Waals surface area contributed by atoms with Crippen molar-refractivity contribution in [3.8, 4) is 0 Å². The van der Waals surface area contributed by atoms with Crippen molar-refractivity contribution >= 4 is 17.5 Å². The van der Waals surface area contributed by atoms with E-state index in [0.717, 1.165) is 19.5 Å². The Morgan fingerprint density at radius 2 is 2.21 bits per heavy atom. The maximum atomic E-state index is 12.0. The van der Waals surface area contributed by atoms with E-state index in [9.17, 15) is 4.79 Å². The molecule has 0 N–H and O–H groups in total. The molecular formula is C11H18ClNO. The Labute approximate surface area is 90.6 Å². The van der Waals surface area contributed by atoms with E-state index < -0.39 is 0 Å². The van der Waals surface area contributed by atoms with E-state index in [0.29, 0.717) is 23.6 Å². The molecular weight excluding hydrogens is 198 g/mol. The van der Waals surface area contributed by atoms with Gasteiger partial charge in [-0.05, 0) is 31.1 Å². The minimum absolute atomic E-state index is 0.254. The van der Waals surface area contributed by atoms with Crippen LogP contribution in [-0.2, 0) is 4.79 Å². The summed E-state index contributed by atoms with van der Waals surface area (Å²) in [6.07, 6.45) is 3.59. The number of nitrogens with zero attached hydrogens (tertiary/aromatic N) is 1. The van der Waals surface area contributed by atoms with Gasteiger partial charge in [-0.3, -0.25) is 4.79 Å². The van der Waals surface area contributed by atoms with Gasteiger partial charge < -0.3 is 4.90 Å². The summed E-state index contributed by atoms with van der Waals surface area (Å²) in [6.45, 7) is 3.89. The molecule has 2 fully saturated rings. The minimum Gasteiger partial charge on any atom is -0.342 e. The van der Waals surface area contributed by atoms with Crippen molar-refractivity contribution in [2.75, 3.05) is 19.0 Å². The van der Waals surface area contributed by atoms with Crippen molar-refractivity contribution in [2.24, 2.45) is 17.8 Å². The number of alkyl halides is 1. The SMILES string of the molecule is CC(C(=O)N1CCC(CCl)C1)C1CC1. The third-order valence-electron chi connectivity index (χ3n) is 3.53. The minimum atomic E-state index is 0.254. The van der Waals surface area contributed by atoms with Crippen molar-refractivity contribution in [1.82, 2.24) is 4.90 Å². The van der Waals surface area contributed by atoms with Crippen LogP contribution in [0.25, 0.3) is 0 Å². The van der Waals surface area contributed by atoms with Gasteiger partial charge in [-0.25, -0.2) is 0 Å². The Morgan fingerprint density at radius 1 is 1.50 bits per heavy atom.